The average molecular weight is 251 g/mol. The Morgan fingerprint density at radius 1 is 1.47 bits per heavy atom. The quantitative estimate of drug-likeness (QED) is 0.782. The van der Waals surface area contributed by atoms with Crippen LogP contribution in [0.5, 0.6) is 5.75 Å². The van der Waals surface area contributed by atoms with E-state index in [1.54, 1.807) is 19.2 Å². The highest BCUT2D eigenvalue weighted by atomic mass is 32.1. The summed E-state index contributed by atoms with van der Waals surface area (Å²) in [5, 5.41) is 9.17. The van der Waals surface area contributed by atoms with Crippen LogP contribution in [0.1, 0.15) is 5.69 Å². The predicted molar refractivity (Wildman–Crippen MR) is 65.7 cm³/mol. The van der Waals surface area contributed by atoms with Crippen molar-refractivity contribution in [2.24, 2.45) is 7.05 Å². The van der Waals surface area contributed by atoms with Gasteiger partial charge >= 0.3 is 0 Å². The Hall–Kier alpha value is -1.82. The van der Waals surface area contributed by atoms with Crippen molar-refractivity contribution in [3.8, 4) is 17.0 Å². The van der Waals surface area contributed by atoms with Crippen LogP contribution in [-0.4, -0.2) is 27.5 Å². The van der Waals surface area contributed by atoms with Crippen molar-refractivity contribution < 1.29 is 9.13 Å². The monoisotopic (exact) mass is 251 g/mol. The lowest BCUT2D eigenvalue weighted by atomic mass is 10.1. The predicted octanol–water partition coefficient (Wildman–Crippen LogP) is 1.98. The maximum Gasteiger partial charge on any atom is 0.136 e. The number of thiocarbonyl (C=S) groups is 1. The molecule has 0 aliphatic heterocycles. The van der Waals surface area contributed by atoms with Crippen molar-refractivity contribution in [1.29, 1.82) is 0 Å². The number of benzene rings is 1. The van der Waals surface area contributed by atoms with Gasteiger partial charge in [-0.3, -0.25) is 0 Å². The van der Waals surface area contributed by atoms with Crippen LogP contribution in [-0.2, 0) is 7.05 Å². The van der Waals surface area contributed by atoms with E-state index in [1.165, 1.54) is 23.2 Å². The van der Waals surface area contributed by atoms with Gasteiger partial charge in [-0.2, -0.15) is 0 Å². The van der Waals surface area contributed by atoms with Crippen LogP contribution in [0.2, 0.25) is 0 Å². The molecule has 0 aliphatic carbocycles. The average Bonchev–Trinajstić information content (AvgIpc) is 2.69. The number of aryl methyl sites for hydroxylation is 1. The molecule has 0 unspecified atom stereocenters. The van der Waals surface area contributed by atoms with Gasteiger partial charge in [0.2, 0.25) is 0 Å². The molecule has 0 saturated carbocycles. The maximum atomic E-state index is 13.8. The maximum absolute atomic E-state index is 13.8. The van der Waals surface area contributed by atoms with Gasteiger partial charge in [-0.1, -0.05) is 23.5 Å². The molecule has 1 aromatic heterocycles. The second-order valence-corrected chi connectivity index (χ2v) is 3.62. The zero-order chi connectivity index (χ0) is 12.4. The summed E-state index contributed by atoms with van der Waals surface area (Å²) in [6, 6.07) is 4.59. The Balaban J connectivity index is 2.71. The van der Waals surface area contributed by atoms with E-state index < -0.39 is 5.82 Å². The van der Waals surface area contributed by atoms with E-state index in [9.17, 15) is 4.39 Å². The molecule has 0 amide bonds. The molecule has 2 aromatic rings. The Morgan fingerprint density at radius 3 is 2.88 bits per heavy atom. The molecule has 0 N–H and O–H groups in total. The van der Waals surface area contributed by atoms with Crippen LogP contribution < -0.4 is 4.74 Å². The lowest BCUT2D eigenvalue weighted by Gasteiger charge is -2.07. The molecule has 1 aromatic carbocycles. The van der Waals surface area contributed by atoms with Crippen LogP contribution in [0.15, 0.2) is 18.2 Å². The largest absolute Gasteiger partial charge is 0.496 e. The molecule has 0 saturated heterocycles. The summed E-state index contributed by atoms with van der Waals surface area (Å²) in [6.07, 6.45) is 0. The van der Waals surface area contributed by atoms with Gasteiger partial charge in [0.1, 0.15) is 17.3 Å². The molecule has 4 nitrogen and oxygen atoms in total. The third-order valence-corrected chi connectivity index (χ3v) is 2.64. The molecule has 17 heavy (non-hydrogen) atoms. The SMILES string of the molecule is COc1cccc(F)c1-c1nnn(C)c1C=S. The summed E-state index contributed by atoms with van der Waals surface area (Å²) in [5.74, 6) is -0.00782. The molecule has 0 atom stereocenters. The van der Waals surface area contributed by atoms with Crippen molar-refractivity contribution in [3.63, 3.8) is 0 Å². The van der Waals surface area contributed by atoms with E-state index in [4.69, 9.17) is 17.0 Å². The minimum Gasteiger partial charge on any atom is -0.496 e. The summed E-state index contributed by atoms with van der Waals surface area (Å²) in [7, 11) is 3.17. The van der Waals surface area contributed by atoms with Crippen molar-refractivity contribution in [1.82, 2.24) is 15.0 Å². The van der Waals surface area contributed by atoms with Crippen LogP contribution >= 0.6 is 12.2 Å². The van der Waals surface area contributed by atoms with Crippen molar-refractivity contribution >= 4 is 17.6 Å². The van der Waals surface area contributed by atoms with Crippen LogP contribution in [0.25, 0.3) is 11.3 Å². The fourth-order valence-electron chi connectivity index (χ4n) is 1.58. The Bertz CT molecular complexity index is 568. The first-order valence-corrected chi connectivity index (χ1v) is 5.34. The third-order valence-electron chi connectivity index (χ3n) is 2.41. The van der Waals surface area contributed by atoms with Gasteiger partial charge < -0.3 is 4.74 Å². The molecular formula is C11H10FN3OS. The number of halogens is 1. The Kier molecular flexibility index (Phi) is 3.14. The van der Waals surface area contributed by atoms with Gasteiger partial charge in [0.25, 0.3) is 0 Å². The lowest BCUT2D eigenvalue weighted by molar-refractivity contribution is 0.413. The van der Waals surface area contributed by atoms with Gasteiger partial charge in [-0.05, 0) is 12.1 Å². The van der Waals surface area contributed by atoms with Crippen LogP contribution in [0, 0.1) is 5.82 Å². The minimum atomic E-state index is -0.414. The topological polar surface area (TPSA) is 39.9 Å². The highest BCUT2D eigenvalue weighted by Crippen LogP contribution is 2.32. The Morgan fingerprint density at radius 2 is 2.24 bits per heavy atom. The number of hydrogen-bond donors (Lipinski definition) is 0. The molecule has 0 aliphatic rings. The van der Waals surface area contributed by atoms with Crippen molar-refractivity contribution in [2.75, 3.05) is 7.11 Å². The first-order valence-electron chi connectivity index (χ1n) is 4.86. The molecular weight excluding hydrogens is 241 g/mol. The van der Waals surface area contributed by atoms with E-state index in [-0.39, 0.29) is 5.56 Å². The first-order chi connectivity index (χ1) is 8.19. The second-order valence-electron chi connectivity index (χ2n) is 3.38. The smallest absolute Gasteiger partial charge is 0.136 e. The van der Waals surface area contributed by atoms with Crippen LogP contribution in [0.4, 0.5) is 4.39 Å². The van der Waals surface area contributed by atoms with E-state index >= 15 is 0 Å². The number of rotatable bonds is 3. The van der Waals surface area contributed by atoms with Gasteiger partial charge in [-0.25, -0.2) is 9.07 Å². The van der Waals surface area contributed by atoms with E-state index in [0.29, 0.717) is 17.1 Å². The van der Waals surface area contributed by atoms with Gasteiger partial charge in [-0.15, -0.1) is 5.10 Å². The third kappa shape index (κ3) is 1.91. The molecule has 0 spiro atoms. The zero-order valence-electron chi connectivity index (χ0n) is 9.35. The first kappa shape index (κ1) is 11.7. The van der Waals surface area contributed by atoms with Gasteiger partial charge in [0, 0.05) is 12.4 Å². The summed E-state index contributed by atoms with van der Waals surface area (Å²) in [5.41, 5.74) is 1.24. The zero-order valence-corrected chi connectivity index (χ0v) is 10.2. The summed E-state index contributed by atoms with van der Waals surface area (Å²) >= 11 is 4.88. The molecule has 0 bridgehead atoms. The lowest BCUT2D eigenvalue weighted by Crippen LogP contribution is -1.98. The van der Waals surface area contributed by atoms with Crippen molar-refractivity contribution in [2.45, 2.75) is 0 Å². The number of ether oxygens (including phenoxy) is 1. The molecule has 2 rings (SSSR count). The minimum absolute atomic E-state index is 0.277. The second kappa shape index (κ2) is 4.58. The highest BCUT2D eigenvalue weighted by Gasteiger charge is 2.18. The van der Waals surface area contributed by atoms with Crippen molar-refractivity contribution in [3.05, 3.63) is 29.7 Å². The number of aromatic nitrogens is 3. The summed E-state index contributed by atoms with van der Waals surface area (Å²) in [6.45, 7) is 0. The molecule has 88 valence electrons. The summed E-state index contributed by atoms with van der Waals surface area (Å²) in [4.78, 5) is 0. The fraction of sp³-hybridized carbons (Fsp3) is 0.182. The van der Waals surface area contributed by atoms with E-state index in [1.807, 2.05) is 0 Å². The fourth-order valence-corrected chi connectivity index (χ4v) is 1.84. The highest BCUT2D eigenvalue weighted by molar-refractivity contribution is 7.79. The molecule has 1 heterocycles. The molecule has 0 fully saturated rings. The number of nitrogens with zero attached hydrogens (tertiary/aromatic N) is 3. The van der Waals surface area contributed by atoms with E-state index in [0.717, 1.165) is 0 Å². The van der Waals surface area contributed by atoms with E-state index in [2.05, 4.69) is 10.3 Å². The van der Waals surface area contributed by atoms with Crippen LogP contribution in [0.3, 0.4) is 0 Å². The normalized spacial score (nSPS) is 10.3. The standard InChI is InChI=1S/C11H10FN3OS/c1-15-8(6-17)11(13-14-15)10-7(12)4-3-5-9(10)16-2/h3-6H,1-2H3. The Labute approximate surface area is 103 Å². The van der Waals surface area contributed by atoms with Gasteiger partial charge in [0.05, 0.1) is 18.4 Å². The molecule has 6 heteroatoms. The van der Waals surface area contributed by atoms with Gasteiger partial charge in [0.15, 0.2) is 0 Å². The number of hydrogen-bond acceptors (Lipinski definition) is 4. The number of methoxy groups -OCH3 is 1. The summed E-state index contributed by atoms with van der Waals surface area (Å²) < 4.78 is 20.5. The molecule has 0 radical (unpaired) electrons.